The molecule has 0 radical (unpaired) electrons. The van der Waals surface area contributed by atoms with Crippen LogP contribution >= 0.6 is 0 Å². The number of hydrogen-bond acceptors (Lipinski definition) is 2. The Bertz CT molecular complexity index is 422. The number of rotatable bonds is 5. The Morgan fingerprint density at radius 2 is 2.10 bits per heavy atom. The summed E-state index contributed by atoms with van der Waals surface area (Å²) in [4.78, 5) is 0. The van der Waals surface area contributed by atoms with Gasteiger partial charge in [-0.2, -0.15) is 5.10 Å². The van der Waals surface area contributed by atoms with Crippen LogP contribution in [0, 0.1) is 25.7 Å². The Morgan fingerprint density at radius 3 is 2.65 bits per heavy atom. The third kappa shape index (κ3) is 3.43. The summed E-state index contributed by atoms with van der Waals surface area (Å²) in [6, 6.07) is 3.31. The second kappa shape index (κ2) is 6.75. The first-order chi connectivity index (χ1) is 9.52. The van der Waals surface area contributed by atoms with Crippen molar-refractivity contribution in [3.63, 3.8) is 0 Å². The predicted octanol–water partition coefficient (Wildman–Crippen LogP) is 3.87. The molecule has 2 rings (SSSR count). The van der Waals surface area contributed by atoms with Gasteiger partial charge in [0.1, 0.15) is 0 Å². The molecule has 1 heterocycles. The van der Waals surface area contributed by atoms with Crippen LogP contribution in [0.15, 0.2) is 6.07 Å². The van der Waals surface area contributed by atoms with E-state index >= 15 is 0 Å². The van der Waals surface area contributed by atoms with Crippen LogP contribution in [-0.2, 0) is 0 Å². The fraction of sp³-hybridized carbons (Fsp3) is 0.824. The van der Waals surface area contributed by atoms with Gasteiger partial charge < -0.3 is 5.32 Å². The smallest absolute Gasteiger partial charge is 0.0678 e. The monoisotopic (exact) mass is 277 g/mol. The van der Waals surface area contributed by atoms with E-state index in [0.29, 0.717) is 12.1 Å². The van der Waals surface area contributed by atoms with Gasteiger partial charge in [0.2, 0.25) is 0 Å². The molecule has 1 aliphatic rings. The molecule has 0 bridgehead atoms. The molecular weight excluding hydrogens is 246 g/mol. The average Bonchev–Trinajstić information content (AvgIpc) is 2.75. The van der Waals surface area contributed by atoms with Gasteiger partial charge in [-0.15, -0.1) is 0 Å². The van der Waals surface area contributed by atoms with E-state index in [9.17, 15) is 0 Å². The molecule has 3 nitrogen and oxygen atoms in total. The highest BCUT2D eigenvalue weighted by atomic mass is 15.3. The fourth-order valence-electron chi connectivity index (χ4n) is 3.60. The molecule has 20 heavy (non-hydrogen) atoms. The van der Waals surface area contributed by atoms with E-state index in [1.54, 1.807) is 0 Å². The number of hydrogen-bond donors (Lipinski definition) is 1. The van der Waals surface area contributed by atoms with Gasteiger partial charge >= 0.3 is 0 Å². The van der Waals surface area contributed by atoms with Crippen molar-refractivity contribution < 1.29 is 0 Å². The first-order valence-corrected chi connectivity index (χ1v) is 8.29. The number of aryl methyl sites for hydroxylation is 2. The quantitative estimate of drug-likeness (QED) is 0.885. The average molecular weight is 277 g/mol. The second-order valence-corrected chi connectivity index (χ2v) is 6.82. The minimum Gasteiger partial charge on any atom is -0.312 e. The number of aromatic nitrogens is 2. The number of nitrogens with one attached hydrogen (secondary N) is 1. The van der Waals surface area contributed by atoms with Crippen molar-refractivity contribution in [1.29, 1.82) is 0 Å². The maximum atomic E-state index is 4.76. The Hall–Kier alpha value is -0.830. The van der Waals surface area contributed by atoms with Crippen molar-refractivity contribution in [2.75, 3.05) is 6.54 Å². The molecule has 0 aliphatic heterocycles. The largest absolute Gasteiger partial charge is 0.312 e. The van der Waals surface area contributed by atoms with Crippen LogP contribution in [0.5, 0.6) is 0 Å². The summed E-state index contributed by atoms with van der Waals surface area (Å²) in [5, 5.41) is 8.52. The van der Waals surface area contributed by atoms with Crippen molar-refractivity contribution in [2.24, 2.45) is 11.8 Å². The standard InChI is InChI=1S/C17H31N3/c1-6-9-18-16-8-7-15(12(2)3)11-17(16)20-14(5)10-13(4)19-20/h10,12,15-18H,6-9,11H2,1-5H3. The topological polar surface area (TPSA) is 29.9 Å². The van der Waals surface area contributed by atoms with E-state index in [1.165, 1.54) is 31.4 Å². The van der Waals surface area contributed by atoms with E-state index < -0.39 is 0 Å². The fourth-order valence-corrected chi connectivity index (χ4v) is 3.60. The van der Waals surface area contributed by atoms with Gasteiger partial charge in [0.15, 0.2) is 0 Å². The predicted molar refractivity (Wildman–Crippen MR) is 85.0 cm³/mol. The molecule has 1 aliphatic carbocycles. The zero-order valence-electron chi connectivity index (χ0n) is 13.8. The van der Waals surface area contributed by atoms with Gasteiger partial charge in [-0.3, -0.25) is 4.68 Å². The van der Waals surface area contributed by atoms with Crippen molar-refractivity contribution in [2.45, 2.75) is 72.4 Å². The zero-order valence-corrected chi connectivity index (χ0v) is 13.8. The molecule has 0 saturated heterocycles. The van der Waals surface area contributed by atoms with Crippen molar-refractivity contribution >= 4 is 0 Å². The summed E-state index contributed by atoms with van der Waals surface area (Å²) < 4.78 is 2.29. The van der Waals surface area contributed by atoms with Crippen LogP contribution in [0.3, 0.4) is 0 Å². The molecule has 3 atom stereocenters. The number of nitrogens with zero attached hydrogens (tertiary/aromatic N) is 2. The molecular formula is C17H31N3. The van der Waals surface area contributed by atoms with E-state index in [1.807, 2.05) is 0 Å². The van der Waals surface area contributed by atoms with Gasteiger partial charge in [-0.05, 0) is 64.0 Å². The lowest BCUT2D eigenvalue weighted by Gasteiger charge is -2.39. The lowest BCUT2D eigenvalue weighted by Crippen LogP contribution is -2.43. The zero-order chi connectivity index (χ0) is 14.7. The Labute approximate surface area is 124 Å². The van der Waals surface area contributed by atoms with Crippen molar-refractivity contribution in [3.8, 4) is 0 Å². The summed E-state index contributed by atoms with van der Waals surface area (Å²) >= 11 is 0. The van der Waals surface area contributed by atoms with Gasteiger partial charge in [-0.25, -0.2) is 0 Å². The first-order valence-electron chi connectivity index (χ1n) is 8.29. The van der Waals surface area contributed by atoms with Crippen molar-refractivity contribution in [1.82, 2.24) is 15.1 Å². The molecule has 0 amide bonds. The maximum absolute atomic E-state index is 4.76. The van der Waals surface area contributed by atoms with Crippen LogP contribution in [0.1, 0.15) is 63.9 Å². The van der Waals surface area contributed by atoms with E-state index in [-0.39, 0.29) is 0 Å². The SMILES string of the molecule is CCCNC1CCC(C(C)C)CC1n1nc(C)cc1C. The highest BCUT2D eigenvalue weighted by molar-refractivity contribution is 5.09. The Kier molecular flexibility index (Phi) is 5.25. The summed E-state index contributed by atoms with van der Waals surface area (Å²) in [5.41, 5.74) is 2.45. The van der Waals surface area contributed by atoms with Crippen LogP contribution < -0.4 is 5.32 Å². The molecule has 114 valence electrons. The molecule has 1 N–H and O–H groups in total. The van der Waals surface area contributed by atoms with Crippen LogP contribution in [0.4, 0.5) is 0 Å². The van der Waals surface area contributed by atoms with E-state index in [2.05, 4.69) is 50.7 Å². The summed E-state index contributed by atoms with van der Waals surface area (Å²) in [6.45, 7) is 12.4. The summed E-state index contributed by atoms with van der Waals surface area (Å²) in [7, 11) is 0. The normalized spacial score (nSPS) is 27.2. The Balaban J connectivity index is 2.18. The van der Waals surface area contributed by atoms with Crippen LogP contribution in [-0.4, -0.2) is 22.4 Å². The highest BCUT2D eigenvalue weighted by Gasteiger charge is 2.33. The van der Waals surface area contributed by atoms with Crippen LogP contribution in [0.25, 0.3) is 0 Å². The van der Waals surface area contributed by atoms with Gasteiger partial charge in [-0.1, -0.05) is 20.8 Å². The van der Waals surface area contributed by atoms with E-state index in [4.69, 9.17) is 5.10 Å². The van der Waals surface area contributed by atoms with Crippen molar-refractivity contribution in [3.05, 3.63) is 17.5 Å². The van der Waals surface area contributed by atoms with Gasteiger partial charge in [0, 0.05) is 11.7 Å². The van der Waals surface area contributed by atoms with E-state index in [0.717, 1.165) is 24.1 Å². The highest BCUT2D eigenvalue weighted by Crippen LogP contribution is 2.37. The minimum atomic E-state index is 0.524. The molecule has 1 aromatic heterocycles. The lowest BCUT2D eigenvalue weighted by molar-refractivity contribution is 0.161. The molecule has 1 fully saturated rings. The molecule has 0 spiro atoms. The summed E-state index contributed by atoms with van der Waals surface area (Å²) in [5.74, 6) is 1.62. The third-order valence-corrected chi connectivity index (χ3v) is 4.82. The molecule has 0 aromatic carbocycles. The van der Waals surface area contributed by atoms with Crippen LogP contribution in [0.2, 0.25) is 0 Å². The van der Waals surface area contributed by atoms with Gasteiger partial charge in [0.25, 0.3) is 0 Å². The first kappa shape index (κ1) is 15.6. The lowest BCUT2D eigenvalue weighted by atomic mass is 9.77. The molecule has 1 aromatic rings. The summed E-state index contributed by atoms with van der Waals surface area (Å²) in [6.07, 6.45) is 5.11. The third-order valence-electron chi connectivity index (χ3n) is 4.82. The Morgan fingerprint density at radius 1 is 1.35 bits per heavy atom. The maximum Gasteiger partial charge on any atom is 0.0678 e. The molecule has 3 heteroatoms. The second-order valence-electron chi connectivity index (χ2n) is 6.82. The van der Waals surface area contributed by atoms with Gasteiger partial charge in [0.05, 0.1) is 11.7 Å². The molecule has 3 unspecified atom stereocenters. The molecule has 1 saturated carbocycles. The minimum absolute atomic E-state index is 0.524.